The second-order valence-corrected chi connectivity index (χ2v) is 6.11. The van der Waals surface area contributed by atoms with Crippen LogP contribution in [0.1, 0.15) is 15.9 Å². The van der Waals surface area contributed by atoms with Crippen LogP contribution < -0.4 is 9.47 Å². The molecule has 128 valence electrons. The van der Waals surface area contributed by atoms with Crippen LogP contribution >= 0.6 is 0 Å². The molecular formula is C20H25NO3. The highest BCUT2D eigenvalue weighted by molar-refractivity contribution is 5.98. The Morgan fingerprint density at radius 1 is 1.00 bits per heavy atom. The van der Waals surface area contributed by atoms with Gasteiger partial charge in [-0.1, -0.05) is 24.3 Å². The Labute approximate surface area is 144 Å². The van der Waals surface area contributed by atoms with Crippen LogP contribution in [0.3, 0.4) is 0 Å². The molecule has 1 atom stereocenters. The number of rotatable bonds is 8. The first kappa shape index (κ1) is 18.0. The third-order valence-electron chi connectivity index (χ3n) is 3.95. The molecule has 0 spiro atoms. The molecule has 24 heavy (non-hydrogen) atoms. The summed E-state index contributed by atoms with van der Waals surface area (Å²) in [6.07, 6.45) is 0.693. The van der Waals surface area contributed by atoms with Crippen molar-refractivity contribution in [2.45, 2.75) is 6.42 Å². The van der Waals surface area contributed by atoms with Crippen molar-refractivity contribution in [3.05, 3.63) is 59.7 Å². The number of nitrogens with zero attached hydrogens (tertiary/aromatic N) is 1. The maximum atomic E-state index is 13.0. The summed E-state index contributed by atoms with van der Waals surface area (Å²) >= 11 is 0. The zero-order valence-electron chi connectivity index (χ0n) is 14.8. The molecule has 0 unspecified atom stereocenters. The van der Waals surface area contributed by atoms with E-state index in [0.717, 1.165) is 11.3 Å². The Morgan fingerprint density at radius 3 is 2.25 bits per heavy atom. The van der Waals surface area contributed by atoms with E-state index in [1.807, 2.05) is 61.5 Å². The highest BCUT2D eigenvalue weighted by Crippen LogP contribution is 2.21. The van der Waals surface area contributed by atoms with Crippen molar-refractivity contribution >= 4 is 5.78 Å². The molecule has 0 radical (unpaired) electrons. The van der Waals surface area contributed by atoms with Gasteiger partial charge in [0, 0.05) is 18.0 Å². The minimum atomic E-state index is -0.111. The molecule has 0 aromatic heterocycles. The summed E-state index contributed by atoms with van der Waals surface area (Å²) in [4.78, 5) is 15.0. The van der Waals surface area contributed by atoms with Crippen molar-refractivity contribution in [3.63, 3.8) is 0 Å². The van der Waals surface area contributed by atoms with Crippen molar-refractivity contribution in [1.29, 1.82) is 0 Å². The van der Waals surface area contributed by atoms with Gasteiger partial charge in [-0.3, -0.25) is 4.79 Å². The lowest BCUT2D eigenvalue weighted by atomic mass is 9.90. The first-order chi connectivity index (χ1) is 11.5. The molecule has 0 heterocycles. The monoisotopic (exact) mass is 327 g/mol. The van der Waals surface area contributed by atoms with Crippen molar-refractivity contribution in [1.82, 2.24) is 4.90 Å². The van der Waals surface area contributed by atoms with Crippen LogP contribution in [0.4, 0.5) is 0 Å². The molecule has 0 N–H and O–H groups in total. The molecule has 0 aliphatic rings. The average Bonchev–Trinajstić information content (AvgIpc) is 2.60. The molecule has 0 saturated heterocycles. The molecule has 4 heteroatoms. The third kappa shape index (κ3) is 4.83. The van der Waals surface area contributed by atoms with E-state index >= 15 is 0 Å². The van der Waals surface area contributed by atoms with Crippen LogP contribution in [0.2, 0.25) is 0 Å². The number of carbonyl (C=O) groups is 1. The number of ketones is 1. The number of hydrogen-bond donors (Lipinski definition) is 0. The quantitative estimate of drug-likeness (QED) is 0.697. The molecule has 0 bridgehead atoms. The second-order valence-electron chi connectivity index (χ2n) is 6.11. The standard InChI is InChI=1S/C20H25NO3/c1-21(2)14-17(12-15-8-10-18(23-3)11-9-15)20(22)16-6-5-7-19(13-16)24-4/h5-11,13,17H,12,14H2,1-4H3/t17-/m0/s1. The fourth-order valence-electron chi connectivity index (χ4n) is 2.74. The predicted octanol–water partition coefficient (Wildman–Crippen LogP) is 3.31. The van der Waals surface area contributed by atoms with Gasteiger partial charge in [0.05, 0.1) is 14.2 Å². The SMILES string of the molecule is COc1ccc(C[C@@H](CN(C)C)C(=O)c2cccc(OC)c2)cc1. The van der Waals surface area contributed by atoms with Gasteiger partial charge in [0.1, 0.15) is 11.5 Å². The van der Waals surface area contributed by atoms with E-state index in [1.54, 1.807) is 20.3 Å². The smallest absolute Gasteiger partial charge is 0.167 e. The fourth-order valence-corrected chi connectivity index (χ4v) is 2.74. The maximum absolute atomic E-state index is 13.0. The van der Waals surface area contributed by atoms with Gasteiger partial charge in [-0.25, -0.2) is 0 Å². The lowest BCUT2D eigenvalue weighted by molar-refractivity contribution is 0.0896. The molecule has 2 aromatic carbocycles. The zero-order valence-corrected chi connectivity index (χ0v) is 14.8. The van der Waals surface area contributed by atoms with Crippen molar-refractivity contribution < 1.29 is 14.3 Å². The lowest BCUT2D eigenvalue weighted by Gasteiger charge is -2.20. The summed E-state index contributed by atoms with van der Waals surface area (Å²) in [5.74, 6) is 1.55. The molecule has 2 aromatic rings. The molecule has 0 saturated carbocycles. The summed E-state index contributed by atoms with van der Waals surface area (Å²) < 4.78 is 10.4. The topological polar surface area (TPSA) is 38.8 Å². The van der Waals surface area contributed by atoms with Crippen LogP contribution in [-0.2, 0) is 6.42 Å². The van der Waals surface area contributed by atoms with Crippen LogP contribution in [-0.4, -0.2) is 45.5 Å². The molecule has 4 nitrogen and oxygen atoms in total. The highest BCUT2D eigenvalue weighted by atomic mass is 16.5. The second kappa shape index (κ2) is 8.50. The van der Waals surface area contributed by atoms with E-state index in [-0.39, 0.29) is 11.7 Å². The maximum Gasteiger partial charge on any atom is 0.167 e. The fraction of sp³-hybridized carbons (Fsp3) is 0.350. The Kier molecular flexibility index (Phi) is 6.38. The molecular weight excluding hydrogens is 302 g/mol. The minimum absolute atomic E-state index is 0.111. The van der Waals surface area contributed by atoms with Gasteiger partial charge in [0.15, 0.2) is 5.78 Å². The lowest BCUT2D eigenvalue weighted by Crippen LogP contribution is -2.29. The van der Waals surface area contributed by atoms with Crippen LogP contribution in [0.15, 0.2) is 48.5 Å². The molecule has 0 amide bonds. The summed E-state index contributed by atoms with van der Waals surface area (Å²) in [6.45, 7) is 0.697. The number of ether oxygens (including phenoxy) is 2. The van der Waals surface area contributed by atoms with E-state index in [0.29, 0.717) is 24.3 Å². The largest absolute Gasteiger partial charge is 0.497 e. The van der Waals surface area contributed by atoms with Gasteiger partial charge >= 0.3 is 0 Å². The van der Waals surface area contributed by atoms with Gasteiger partial charge < -0.3 is 14.4 Å². The summed E-state index contributed by atoms with van der Waals surface area (Å²) in [5.41, 5.74) is 1.81. The van der Waals surface area contributed by atoms with Gasteiger partial charge in [0.25, 0.3) is 0 Å². The van der Waals surface area contributed by atoms with Crippen molar-refractivity contribution in [2.75, 3.05) is 34.9 Å². The minimum Gasteiger partial charge on any atom is -0.497 e. The Morgan fingerprint density at radius 2 is 1.67 bits per heavy atom. The first-order valence-electron chi connectivity index (χ1n) is 7.99. The van der Waals surface area contributed by atoms with Crippen molar-refractivity contribution in [2.24, 2.45) is 5.92 Å². The summed E-state index contributed by atoms with van der Waals surface area (Å²) in [5, 5.41) is 0. The number of methoxy groups -OCH3 is 2. The van der Waals surface area contributed by atoms with E-state index in [1.165, 1.54) is 0 Å². The van der Waals surface area contributed by atoms with Crippen LogP contribution in [0.25, 0.3) is 0 Å². The Balaban J connectivity index is 2.21. The van der Waals surface area contributed by atoms with Crippen molar-refractivity contribution in [3.8, 4) is 11.5 Å². The van der Waals surface area contributed by atoms with Gasteiger partial charge in [-0.2, -0.15) is 0 Å². The van der Waals surface area contributed by atoms with Crippen LogP contribution in [0, 0.1) is 5.92 Å². The van der Waals surface area contributed by atoms with E-state index in [2.05, 4.69) is 0 Å². The van der Waals surface area contributed by atoms with E-state index < -0.39 is 0 Å². The average molecular weight is 327 g/mol. The first-order valence-corrected chi connectivity index (χ1v) is 7.99. The molecule has 0 aliphatic carbocycles. The Bertz CT molecular complexity index is 665. The molecule has 0 aliphatic heterocycles. The van der Waals surface area contributed by atoms with Crippen LogP contribution in [0.5, 0.6) is 11.5 Å². The zero-order chi connectivity index (χ0) is 17.5. The third-order valence-corrected chi connectivity index (χ3v) is 3.95. The van der Waals surface area contributed by atoms with E-state index in [9.17, 15) is 4.79 Å². The van der Waals surface area contributed by atoms with Gasteiger partial charge in [0.2, 0.25) is 0 Å². The molecule has 2 rings (SSSR count). The van der Waals surface area contributed by atoms with Gasteiger partial charge in [-0.15, -0.1) is 0 Å². The Hall–Kier alpha value is -2.33. The number of carbonyl (C=O) groups excluding carboxylic acids is 1. The molecule has 0 fully saturated rings. The summed E-state index contributed by atoms with van der Waals surface area (Å²) in [7, 11) is 7.23. The normalized spacial score (nSPS) is 12.0. The van der Waals surface area contributed by atoms with Gasteiger partial charge in [-0.05, 0) is 50.3 Å². The van der Waals surface area contributed by atoms with E-state index in [4.69, 9.17) is 9.47 Å². The predicted molar refractivity (Wildman–Crippen MR) is 96.1 cm³/mol. The number of benzene rings is 2. The number of hydrogen-bond acceptors (Lipinski definition) is 4. The summed E-state index contributed by atoms with van der Waals surface area (Å²) in [6, 6.07) is 15.2. The number of Topliss-reactive ketones (excluding diaryl/α,β-unsaturated/α-hetero) is 1. The highest BCUT2D eigenvalue weighted by Gasteiger charge is 2.22.